The summed E-state index contributed by atoms with van der Waals surface area (Å²) in [5.74, 6) is -0.646. The zero-order valence-corrected chi connectivity index (χ0v) is 10.7. The molecule has 1 heterocycles. The zero-order valence-electron chi connectivity index (χ0n) is 10.7. The van der Waals surface area contributed by atoms with Crippen LogP contribution in [-0.4, -0.2) is 21.6 Å². The van der Waals surface area contributed by atoms with Crippen molar-refractivity contribution in [1.29, 1.82) is 0 Å². The van der Waals surface area contributed by atoms with Crippen molar-refractivity contribution < 1.29 is 23.1 Å². The summed E-state index contributed by atoms with van der Waals surface area (Å²) in [6.45, 7) is 0. The van der Waals surface area contributed by atoms with Crippen LogP contribution >= 0.6 is 0 Å². The number of nitrogens with one attached hydrogen (secondary N) is 1. The molecule has 4 nitrogen and oxygen atoms in total. The van der Waals surface area contributed by atoms with Gasteiger partial charge in [-0.3, -0.25) is 4.79 Å². The molecule has 0 aromatic carbocycles. The van der Waals surface area contributed by atoms with Gasteiger partial charge in [0.05, 0.1) is 12.0 Å². The fourth-order valence-corrected chi connectivity index (χ4v) is 2.59. The first-order chi connectivity index (χ1) is 9.31. The average Bonchev–Trinajstić information content (AvgIpc) is 2.76. The number of nitrogens with zero attached hydrogens (tertiary/aromatic N) is 1. The molecule has 0 amide bonds. The molecule has 1 aromatic rings. The van der Waals surface area contributed by atoms with Gasteiger partial charge in [0.2, 0.25) is 0 Å². The largest absolute Gasteiger partial charge is 0.481 e. The minimum absolute atomic E-state index is 0.0598. The second-order valence-electron chi connectivity index (χ2n) is 5.11. The highest BCUT2D eigenvalue weighted by atomic mass is 19.4. The molecule has 2 N–H and O–H groups in total. The Kier molecular flexibility index (Phi) is 3.87. The van der Waals surface area contributed by atoms with Crippen LogP contribution in [0.5, 0.6) is 0 Å². The first kappa shape index (κ1) is 14.6. The third kappa shape index (κ3) is 3.40. The Labute approximate surface area is 114 Å². The molecule has 1 aliphatic rings. The van der Waals surface area contributed by atoms with E-state index in [1.807, 2.05) is 0 Å². The van der Waals surface area contributed by atoms with E-state index in [1.165, 1.54) is 6.07 Å². The molecule has 0 unspecified atom stereocenters. The van der Waals surface area contributed by atoms with Crippen molar-refractivity contribution in [1.82, 2.24) is 4.98 Å². The number of carbonyl (C=O) groups is 1. The maximum absolute atomic E-state index is 12.4. The van der Waals surface area contributed by atoms with Crippen molar-refractivity contribution in [3.8, 4) is 0 Å². The number of alkyl halides is 3. The molecule has 1 fully saturated rings. The Balaban J connectivity index is 2.13. The van der Waals surface area contributed by atoms with E-state index in [1.54, 1.807) is 0 Å². The summed E-state index contributed by atoms with van der Waals surface area (Å²) in [5.41, 5.74) is -1.42. The minimum atomic E-state index is -4.42. The number of carboxylic acids is 1. The number of halogens is 3. The van der Waals surface area contributed by atoms with Gasteiger partial charge in [0.1, 0.15) is 5.82 Å². The standard InChI is InChI=1S/C13H15F3N2O2/c14-13(15,16)9-3-4-10(17-8-9)18-12(7-11(19)20)5-1-2-6-12/h3-4,8H,1-2,5-7H2,(H,17,18)(H,19,20). The van der Waals surface area contributed by atoms with Gasteiger partial charge in [-0.25, -0.2) is 4.98 Å². The Morgan fingerprint density at radius 3 is 2.45 bits per heavy atom. The van der Waals surface area contributed by atoms with E-state index in [0.29, 0.717) is 12.8 Å². The number of rotatable bonds is 4. The highest BCUT2D eigenvalue weighted by Crippen LogP contribution is 2.36. The van der Waals surface area contributed by atoms with Gasteiger partial charge >= 0.3 is 12.1 Å². The lowest BCUT2D eigenvalue weighted by atomic mass is 9.93. The molecule has 1 aliphatic carbocycles. The fourth-order valence-electron chi connectivity index (χ4n) is 2.59. The second kappa shape index (κ2) is 5.30. The van der Waals surface area contributed by atoms with Crippen LogP contribution in [0.25, 0.3) is 0 Å². The van der Waals surface area contributed by atoms with E-state index in [2.05, 4.69) is 10.3 Å². The first-order valence-corrected chi connectivity index (χ1v) is 6.34. The van der Waals surface area contributed by atoms with Crippen molar-refractivity contribution in [3.05, 3.63) is 23.9 Å². The molecule has 1 saturated carbocycles. The van der Waals surface area contributed by atoms with Crippen molar-refractivity contribution in [2.75, 3.05) is 5.32 Å². The Hall–Kier alpha value is -1.79. The molecule has 0 atom stereocenters. The molecule has 110 valence electrons. The van der Waals surface area contributed by atoms with Crippen LogP contribution in [-0.2, 0) is 11.0 Å². The molecule has 0 radical (unpaired) electrons. The van der Waals surface area contributed by atoms with E-state index < -0.39 is 23.2 Å². The smallest absolute Gasteiger partial charge is 0.417 e. The summed E-state index contributed by atoms with van der Waals surface area (Å²) in [7, 11) is 0. The fraction of sp³-hybridized carbons (Fsp3) is 0.538. The van der Waals surface area contributed by atoms with Gasteiger partial charge in [-0.05, 0) is 25.0 Å². The van der Waals surface area contributed by atoms with Gasteiger partial charge in [-0.2, -0.15) is 13.2 Å². The van der Waals surface area contributed by atoms with E-state index in [0.717, 1.165) is 25.1 Å². The third-order valence-electron chi connectivity index (χ3n) is 3.53. The molecular formula is C13H15F3N2O2. The lowest BCUT2D eigenvalue weighted by molar-refractivity contribution is -0.138. The van der Waals surface area contributed by atoms with E-state index >= 15 is 0 Å². The highest BCUT2D eigenvalue weighted by molar-refractivity contribution is 5.69. The van der Waals surface area contributed by atoms with Crippen LogP contribution in [0.1, 0.15) is 37.7 Å². The first-order valence-electron chi connectivity index (χ1n) is 6.34. The van der Waals surface area contributed by atoms with Crippen molar-refractivity contribution in [2.24, 2.45) is 0 Å². The normalized spacial score (nSPS) is 17.9. The van der Waals surface area contributed by atoms with Gasteiger partial charge in [-0.15, -0.1) is 0 Å². The summed E-state index contributed by atoms with van der Waals surface area (Å²) < 4.78 is 37.3. The third-order valence-corrected chi connectivity index (χ3v) is 3.53. The van der Waals surface area contributed by atoms with Crippen LogP contribution in [0, 0.1) is 0 Å². The van der Waals surface area contributed by atoms with Crippen LogP contribution in [0.2, 0.25) is 0 Å². The highest BCUT2D eigenvalue weighted by Gasteiger charge is 2.36. The van der Waals surface area contributed by atoms with E-state index in [9.17, 15) is 18.0 Å². The number of hydrogen-bond donors (Lipinski definition) is 2. The van der Waals surface area contributed by atoms with E-state index in [-0.39, 0.29) is 12.2 Å². The predicted molar refractivity (Wildman–Crippen MR) is 66.3 cm³/mol. The second-order valence-corrected chi connectivity index (χ2v) is 5.11. The monoisotopic (exact) mass is 288 g/mol. The summed E-state index contributed by atoms with van der Waals surface area (Å²) in [6.07, 6.45) is -0.551. The molecule has 20 heavy (non-hydrogen) atoms. The number of aromatic nitrogens is 1. The van der Waals surface area contributed by atoms with Crippen molar-refractivity contribution in [3.63, 3.8) is 0 Å². The molecule has 2 rings (SSSR count). The Morgan fingerprint density at radius 1 is 1.35 bits per heavy atom. The molecule has 0 saturated heterocycles. The minimum Gasteiger partial charge on any atom is -0.481 e. The predicted octanol–water partition coefficient (Wildman–Crippen LogP) is 3.30. The molecule has 1 aromatic heterocycles. The maximum Gasteiger partial charge on any atom is 0.417 e. The molecule has 0 spiro atoms. The van der Waals surface area contributed by atoms with Crippen molar-refractivity contribution >= 4 is 11.8 Å². The number of aliphatic carboxylic acids is 1. The SMILES string of the molecule is O=C(O)CC1(Nc2ccc(C(F)(F)F)cn2)CCCC1. The van der Waals surface area contributed by atoms with Gasteiger partial charge in [0, 0.05) is 11.7 Å². The van der Waals surface area contributed by atoms with Gasteiger partial charge < -0.3 is 10.4 Å². The summed E-state index contributed by atoms with van der Waals surface area (Å²) in [6, 6.07) is 2.18. The lowest BCUT2D eigenvalue weighted by Crippen LogP contribution is -2.37. The maximum atomic E-state index is 12.4. The van der Waals surface area contributed by atoms with Crippen LogP contribution in [0.3, 0.4) is 0 Å². The van der Waals surface area contributed by atoms with Gasteiger partial charge in [-0.1, -0.05) is 12.8 Å². The summed E-state index contributed by atoms with van der Waals surface area (Å²) >= 11 is 0. The van der Waals surface area contributed by atoms with Crippen LogP contribution in [0.4, 0.5) is 19.0 Å². The van der Waals surface area contributed by atoms with Crippen LogP contribution < -0.4 is 5.32 Å². The molecule has 0 aliphatic heterocycles. The lowest BCUT2D eigenvalue weighted by Gasteiger charge is -2.29. The zero-order chi connectivity index (χ0) is 14.8. The quantitative estimate of drug-likeness (QED) is 0.892. The summed E-state index contributed by atoms with van der Waals surface area (Å²) in [5, 5.41) is 12.0. The van der Waals surface area contributed by atoms with Gasteiger partial charge in [0.15, 0.2) is 0 Å². The summed E-state index contributed by atoms with van der Waals surface area (Å²) in [4.78, 5) is 14.7. The number of anilines is 1. The Bertz CT molecular complexity index is 479. The number of carboxylic acid groups (broad SMARTS) is 1. The average molecular weight is 288 g/mol. The van der Waals surface area contributed by atoms with Crippen molar-refractivity contribution in [2.45, 2.75) is 43.8 Å². The van der Waals surface area contributed by atoms with E-state index in [4.69, 9.17) is 5.11 Å². The van der Waals surface area contributed by atoms with Crippen LogP contribution in [0.15, 0.2) is 18.3 Å². The number of pyridine rings is 1. The van der Waals surface area contributed by atoms with Gasteiger partial charge in [0.25, 0.3) is 0 Å². The number of hydrogen-bond acceptors (Lipinski definition) is 3. The topological polar surface area (TPSA) is 62.2 Å². The molecule has 7 heteroatoms. The molecular weight excluding hydrogens is 273 g/mol. The Morgan fingerprint density at radius 2 is 2.00 bits per heavy atom. The molecule has 0 bridgehead atoms.